The smallest absolute Gasteiger partial charge is 0.370 e. The van der Waals surface area contributed by atoms with Gasteiger partial charge in [0.25, 0.3) is 0 Å². The average Bonchev–Trinajstić information content (AvgIpc) is 3.12. The Bertz CT molecular complexity index is 848. The highest BCUT2D eigenvalue weighted by atomic mass is 79.9. The number of amides is 1. The molecule has 0 bridgehead atoms. The third kappa shape index (κ3) is 4.61. The van der Waals surface area contributed by atoms with Crippen LogP contribution < -0.4 is 10.2 Å². The van der Waals surface area contributed by atoms with E-state index in [-0.39, 0.29) is 22.1 Å². The monoisotopic (exact) mass is 444 g/mol. The van der Waals surface area contributed by atoms with E-state index in [4.69, 9.17) is 0 Å². The third-order valence-electron chi connectivity index (χ3n) is 4.43. The van der Waals surface area contributed by atoms with Crippen molar-refractivity contribution in [1.29, 1.82) is 0 Å². The van der Waals surface area contributed by atoms with Crippen molar-refractivity contribution >= 4 is 33.2 Å². The van der Waals surface area contributed by atoms with Crippen LogP contribution in [0.15, 0.2) is 40.9 Å². The molecule has 3 rings (SSSR count). The van der Waals surface area contributed by atoms with Crippen LogP contribution in [-0.4, -0.2) is 19.0 Å². The van der Waals surface area contributed by atoms with Crippen molar-refractivity contribution in [2.75, 3.05) is 23.3 Å². The van der Waals surface area contributed by atoms with Gasteiger partial charge in [0, 0.05) is 13.1 Å². The number of anilines is 2. The third-order valence-corrected chi connectivity index (χ3v) is 5.04. The summed E-state index contributed by atoms with van der Waals surface area (Å²) in [6.45, 7) is 1.43. The molecule has 144 valence electrons. The Labute approximate surface area is 162 Å². The number of hydrogen-bond acceptors (Lipinski definition) is 2. The highest BCUT2D eigenvalue weighted by Gasteiger charge is 2.32. The Morgan fingerprint density at radius 2 is 1.85 bits per heavy atom. The van der Waals surface area contributed by atoms with Crippen LogP contribution in [0.4, 0.5) is 28.9 Å². The lowest BCUT2D eigenvalue weighted by atomic mass is 10.1. The minimum absolute atomic E-state index is 0.0899. The second kappa shape index (κ2) is 7.88. The highest BCUT2D eigenvalue weighted by molar-refractivity contribution is 9.10. The predicted molar refractivity (Wildman–Crippen MR) is 99.3 cm³/mol. The molecule has 1 saturated heterocycles. The molecule has 0 saturated carbocycles. The number of nitrogens with one attached hydrogen (secondary N) is 1. The molecule has 1 N–H and O–H groups in total. The van der Waals surface area contributed by atoms with Gasteiger partial charge < -0.3 is 10.2 Å². The highest BCUT2D eigenvalue weighted by Crippen LogP contribution is 2.36. The molecule has 1 fully saturated rings. The van der Waals surface area contributed by atoms with E-state index >= 15 is 0 Å². The summed E-state index contributed by atoms with van der Waals surface area (Å²) in [5.41, 5.74) is -0.0401. The largest absolute Gasteiger partial charge is 0.416 e. The van der Waals surface area contributed by atoms with E-state index in [9.17, 15) is 22.4 Å². The molecule has 3 nitrogen and oxygen atoms in total. The molecule has 0 unspecified atom stereocenters. The fourth-order valence-corrected chi connectivity index (χ4v) is 3.51. The summed E-state index contributed by atoms with van der Waals surface area (Å²) in [4.78, 5) is 14.3. The van der Waals surface area contributed by atoms with Crippen molar-refractivity contribution in [3.63, 3.8) is 0 Å². The summed E-state index contributed by atoms with van der Waals surface area (Å²) in [6.07, 6.45) is -2.91. The van der Waals surface area contributed by atoms with Gasteiger partial charge in [-0.2, -0.15) is 13.2 Å². The van der Waals surface area contributed by atoms with Crippen LogP contribution in [0.1, 0.15) is 24.0 Å². The summed E-state index contributed by atoms with van der Waals surface area (Å²) in [7, 11) is 0. The van der Waals surface area contributed by atoms with E-state index in [1.807, 2.05) is 4.90 Å². The Kier molecular flexibility index (Phi) is 5.74. The zero-order valence-corrected chi connectivity index (χ0v) is 15.8. The van der Waals surface area contributed by atoms with Crippen LogP contribution >= 0.6 is 15.9 Å². The number of rotatable bonds is 4. The van der Waals surface area contributed by atoms with Gasteiger partial charge in [-0.25, -0.2) is 4.39 Å². The minimum atomic E-state index is -4.51. The molecule has 1 heterocycles. The summed E-state index contributed by atoms with van der Waals surface area (Å²) < 4.78 is 53.5. The average molecular weight is 445 g/mol. The van der Waals surface area contributed by atoms with Crippen molar-refractivity contribution in [1.82, 2.24) is 0 Å². The molecule has 27 heavy (non-hydrogen) atoms. The molecule has 0 aromatic heterocycles. The Balaban J connectivity index is 1.86. The van der Waals surface area contributed by atoms with E-state index in [0.717, 1.165) is 25.0 Å². The quantitative estimate of drug-likeness (QED) is 0.641. The van der Waals surface area contributed by atoms with Gasteiger partial charge in [-0.1, -0.05) is 12.1 Å². The summed E-state index contributed by atoms with van der Waals surface area (Å²) in [5.74, 6) is -1.14. The first-order valence-corrected chi connectivity index (χ1v) is 9.24. The molecule has 8 heteroatoms. The Morgan fingerprint density at radius 1 is 1.15 bits per heavy atom. The topological polar surface area (TPSA) is 32.3 Å². The number of nitrogens with zero attached hydrogens (tertiary/aromatic N) is 1. The predicted octanol–water partition coefficient (Wildman–Crippen LogP) is 5.39. The number of hydrogen-bond donors (Lipinski definition) is 1. The molecular formula is C19H17BrF4N2O. The zero-order valence-electron chi connectivity index (χ0n) is 14.2. The van der Waals surface area contributed by atoms with Gasteiger partial charge >= 0.3 is 6.18 Å². The molecule has 2 aromatic rings. The molecule has 0 radical (unpaired) electrons. The Morgan fingerprint density at radius 3 is 2.52 bits per heavy atom. The fourth-order valence-electron chi connectivity index (χ4n) is 3.10. The standard InChI is InChI=1S/C19H17BrF4N2O/c20-14-5-3-4-12(18(14)21)10-17(27)25-15-11-13(19(22,23)24)6-7-16(15)26-8-1-2-9-26/h3-7,11H,1-2,8-10H2,(H,25,27). The number of halogens is 5. The Hall–Kier alpha value is -2.09. The first-order valence-electron chi connectivity index (χ1n) is 8.44. The lowest BCUT2D eigenvalue weighted by Gasteiger charge is -2.23. The van der Waals surface area contributed by atoms with Crippen molar-refractivity contribution < 1.29 is 22.4 Å². The first kappa shape index (κ1) is 19.7. The van der Waals surface area contributed by atoms with Gasteiger partial charge in [-0.15, -0.1) is 0 Å². The number of carbonyl (C=O) groups excluding carboxylic acids is 1. The summed E-state index contributed by atoms with van der Waals surface area (Å²) >= 11 is 3.05. The van der Waals surface area contributed by atoms with Crippen molar-refractivity contribution in [3.8, 4) is 0 Å². The first-order chi connectivity index (χ1) is 12.8. The molecule has 0 atom stereocenters. The van der Waals surface area contributed by atoms with Crippen molar-refractivity contribution in [3.05, 3.63) is 57.8 Å². The molecule has 1 aliphatic heterocycles. The molecule has 2 aromatic carbocycles. The lowest BCUT2D eigenvalue weighted by Crippen LogP contribution is -2.22. The van der Waals surface area contributed by atoms with Crippen LogP contribution in [-0.2, 0) is 17.4 Å². The van der Waals surface area contributed by atoms with Gasteiger partial charge in [0.2, 0.25) is 5.91 Å². The van der Waals surface area contributed by atoms with Crippen LogP contribution in [0.3, 0.4) is 0 Å². The number of alkyl halides is 3. The zero-order chi connectivity index (χ0) is 19.6. The fraction of sp³-hybridized carbons (Fsp3) is 0.316. The second-order valence-corrected chi connectivity index (χ2v) is 7.22. The molecule has 1 amide bonds. The van der Waals surface area contributed by atoms with Gasteiger partial charge in [-0.3, -0.25) is 4.79 Å². The van der Waals surface area contributed by atoms with Crippen LogP contribution in [0, 0.1) is 5.82 Å². The summed E-state index contributed by atoms with van der Waals surface area (Å²) in [6, 6.07) is 7.89. The number of carbonyl (C=O) groups is 1. The summed E-state index contributed by atoms with van der Waals surface area (Å²) in [5, 5.41) is 2.53. The maximum atomic E-state index is 14.1. The maximum Gasteiger partial charge on any atom is 0.416 e. The van der Waals surface area contributed by atoms with Gasteiger partial charge in [0.15, 0.2) is 0 Å². The SMILES string of the molecule is O=C(Cc1cccc(Br)c1F)Nc1cc(C(F)(F)F)ccc1N1CCCC1. The van der Waals surface area contributed by atoms with Gasteiger partial charge in [-0.05, 0) is 58.6 Å². The van der Waals surface area contributed by atoms with Crippen molar-refractivity contribution in [2.45, 2.75) is 25.4 Å². The molecular weight excluding hydrogens is 428 g/mol. The van der Waals surface area contributed by atoms with E-state index < -0.39 is 23.5 Å². The van der Waals surface area contributed by atoms with Crippen LogP contribution in [0.25, 0.3) is 0 Å². The second-order valence-electron chi connectivity index (χ2n) is 6.36. The van der Waals surface area contributed by atoms with E-state index in [1.165, 1.54) is 18.2 Å². The molecule has 1 aliphatic rings. The van der Waals surface area contributed by atoms with Crippen LogP contribution in [0.5, 0.6) is 0 Å². The maximum absolute atomic E-state index is 14.1. The molecule has 0 spiro atoms. The van der Waals surface area contributed by atoms with E-state index in [0.29, 0.717) is 18.8 Å². The molecule has 0 aliphatic carbocycles. The van der Waals surface area contributed by atoms with E-state index in [2.05, 4.69) is 21.2 Å². The normalized spacial score (nSPS) is 14.5. The number of benzene rings is 2. The minimum Gasteiger partial charge on any atom is -0.370 e. The van der Waals surface area contributed by atoms with Gasteiger partial charge in [0.1, 0.15) is 5.82 Å². The van der Waals surface area contributed by atoms with E-state index in [1.54, 1.807) is 6.07 Å². The lowest BCUT2D eigenvalue weighted by molar-refractivity contribution is -0.137. The van der Waals surface area contributed by atoms with Gasteiger partial charge in [0.05, 0.1) is 27.8 Å². The van der Waals surface area contributed by atoms with Crippen molar-refractivity contribution in [2.24, 2.45) is 0 Å². The van der Waals surface area contributed by atoms with Crippen LogP contribution in [0.2, 0.25) is 0 Å².